The van der Waals surface area contributed by atoms with Crippen LogP contribution in [0.4, 0.5) is 0 Å². The average molecular weight is 280 g/mol. The number of benzene rings is 1. The van der Waals surface area contributed by atoms with Gasteiger partial charge in [-0.3, -0.25) is 0 Å². The summed E-state index contributed by atoms with van der Waals surface area (Å²) >= 11 is 0. The number of aliphatic hydroxyl groups excluding tert-OH is 1. The summed E-state index contributed by atoms with van der Waals surface area (Å²) in [6.45, 7) is 0.622. The number of methoxy groups -OCH3 is 2. The predicted octanol–water partition coefficient (Wildman–Crippen LogP) is 2.57. The monoisotopic (exact) mass is 280 g/mol. The Morgan fingerprint density at radius 2 is 1.85 bits per heavy atom. The molecule has 0 amide bonds. The maximum absolute atomic E-state index is 9.86. The lowest BCUT2D eigenvalue weighted by atomic mass is 9.95. The maximum Gasteiger partial charge on any atom is 0.160 e. The fourth-order valence-electron chi connectivity index (χ4n) is 2.64. The van der Waals surface area contributed by atoms with Gasteiger partial charge in [-0.25, -0.2) is 0 Å². The van der Waals surface area contributed by atoms with Crippen LogP contribution in [0.1, 0.15) is 31.2 Å². The van der Waals surface area contributed by atoms with E-state index in [1.807, 2.05) is 18.2 Å². The highest BCUT2D eigenvalue weighted by Crippen LogP contribution is 2.28. The van der Waals surface area contributed by atoms with Crippen molar-refractivity contribution in [2.24, 2.45) is 0 Å². The minimum absolute atomic E-state index is 0.00361. The number of ether oxygens (including phenoxy) is 3. The van der Waals surface area contributed by atoms with Crippen LogP contribution < -0.4 is 9.47 Å². The highest BCUT2D eigenvalue weighted by molar-refractivity contribution is 5.42. The first-order valence-electron chi connectivity index (χ1n) is 7.25. The van der Waals surface area contributed by atoms with Crippen LogP contribution in [0.2, 0.25) is 0 Å². The van der Waals surface area contributed by atoms with Crippen LogP contribution in [0, 0.1) is 0 Å². The van der Waals surface area contributed by atoms with Crippen LogP contribution in [0.15, 0.2) is 18.2 Å². The summed E-state index contributed by atoms with van der Waals surface area (Å²) in [6, 6.07) is 5.89. The summed E-state index contributed by atoms with van der Waals surface area (Å²) in [5.41, 5.74) is 1.15. The lowest BCUT2D eigenvalue weighted by molar-refractivity contribution is -0.0575. The Bertz CT molecular complexity index is 419. The lowest BCUT2D eigenvalue weighted by Crippen LogP contribution is -2.32. The van der Waals surface area contributed by atoms with Crippen LogP contribution in [0.3, 0.4) is 0 Å². The Kier molecular flexibility index (Phi) is 5.68. The minimum atomic E-state index is -0.297. The molecule has 1 saturated carbocycles. The van der Waals surface area contributed by atoms with Gasteiger partial charge in [0.1, 0.15) is 0 Å². The molecule has 1 fully saturated rings. The highest BCUT2D eigenvalue weighted by Gasteiger charge is 2.23. The summed E-state index contributed by atoms with van der Waals surface area (Å²) in [4.78, 5) is 0. The van der Waals surface area contributed by atoms with E-state index >= 15 is 0 Å². The van der Waals surface area contributed by atoms with Gasteiger partial charge in [0.25, 0.3) is 0 Å². The van der Waals surface area contributed by atoms with Gasteiger partial charge in [0, 0.05) is 0 Å². The van der Waals surface area contributed by atoms with E-state index in [4.69, 9.17) is 14.2 Å². The van der Waals surface area contributed by atoms with Crippen molar-refractivity contribution in [1.29, 1.82) is 0 Å². The van der Waals surface area contributed by atoms with Crippen molar-refractivity contribution in [2.75, 3.05) is 20.8 Å². The van der Waals surface area contributed by atoms with Crippen molar-refractivity contribution in [3.05, 3.63) is 23.8 Å². The van der Waals surface area contributed by atoms with E-state index in [1.54, 1.807) is 14.2 Å². The third-order valence-electron chi connectivity index (χ3n) is 3.84. The Labute approximate surface area is 120 Å². The molecule has 112 valence electrons. The van der Waals surface area contributed by atoms with Gasteiger partial charge < -0.3 is 19.3 Å². The fraction of sp³-hybridized carbons (Fsp3) is 0.625. The molecule has 0 unspecified atom stereocenters. The Morgan fingerprint density at radius 3 is 2.55 bits per heavy atom. The first kappa shape index (κ1) is 15.1. The first-order valence-corrected chi connectivity index (χ1v) is 7.25. The topological polar surface area (TPSA) is 47.9 Å². The van der Waals surface area contributed by atoms with Gasteiger partial charge in [0.2, 0.25) is 0 Å². The van der Waals surface area contributed by atoms with Crippen LogP contribution >= 0.6 is 0 Å². The molecule has 1 aliphatic carbocycles. The minimum Gasteiger partial charge on any atom is -0.493 e. The van der Waals surface area contributed by atoms with E-state index in [-0.39, 0.29) is 12.2 Å². The third-order valence-corrected chi connectivity index (χ3v) is 3.84. The Hall–Kier alpha value is -1.26. The van der Waals surface area contributed by atoms with Crippen molar-refractivity contribution in [3.63, 3.8) is 0 Å². The molecule has 1 N–H and O–H groups in total. The molecule has 4 nitrogen and oxygen atoms in total. The largest absolute Gasteiger partial charge is 0.493 e. The molecule has 2 rings (SSSR count). The molecule has 20 heavy (non-hydrogen) atoms. The number of rotatable bonds is 6. The fourth-order valence-corrected chi connectivity index (χ4v) is 2.64. The van der Waals surface area contributed by atoms with Crippen molar-refractivity contribution >= 4 is 0 Å². The van der Waals surface area contributed by atoms with Gasteiger partial charge >= 0.3 is 0 Å². The molecule has 0 bridgehead atoms. The molecule has 4 heteroatoms. The van der Waals surface area contributed by atoms with Crippen LogP contribution in [-0.2, 0) is 11.2 Å². The van der Waals surface area contributed by atoms with E-state index in [1.165, 1.54) is 0 Å². The second-order valence-electron chi connectivity index (χ2n) is 5.20. The highest BCUT2D eigenvalue weighted by atomic mass is 16.5. The molecule has 0 spiro atoms. The van der Waals surface area contributed by atoms with Crippen LogP contribution in [0.5, 0.6) is 11.5 Å². The van der Waals surface area contributed by atoms with E-state index < -0.39 is 0 Å². The zero-order valence-corrected chi connectivity index (χ0v) is 12.3. The van der Waals surface area contributed by atoms with E-state index in [0.717, 1.165) is 49.2 Å². The summed E-state index contributed by atoms with van der Waals surface area (Å²) in [5.74, 6) is 1.47. The summed E-state index contributed by atoms with van der Waals surface area (Å²) in [5, 5.41) is 9.86. The van der Waals surface area contributed by atoms with Crippen LogP contribution in [0.25, 0.3) is 0 Å². The molecule has 0 heterocycles. The zero-order valence-electron chi connectivity index (χ0n) is 12.3. The molecule has 0 aromatic heterocycles. The lowest BCUT2D eigenvalue weighted by Gasteiger charge is -2.27. The second-order valence-corrected chi connectivity index (χ2v) is 5.20. The van der Waals surface area contributed by atoms with E-state index in [0.29, 0.717) is 6.61 Å². The summed E-state index contributed by atoms with van der Waals surface area (Å²) in [6.07, 6.45) is 4.60. The molecule has 1 aliphatic rings. The molecule has 1 aromatic carbocycles. The quantitative estimate of drug-likeness (QED) is 0.870. The Morgan fingerprint density at radius 1 is 1.10 bits per heavy atom. The zero-order chi connectivity index (χ0) is 14.4. The van der Waals surface area contributed by atoms with E-state index in [9.17, 15) is 5.11 Å². The van der Waals surface area contributed by atoms with Gasteiger partial charge in [-0.05, 0) is 37.0 Å². The molecule has 0 aliphatic heterocycles. The molecule has 0 saturated heterocycles. The second kappa shape index (κ2) is 7.50. The normalized spacial score (nSPS) is 22.6. The van der Waals surface area contributed by atoms with Gasteiger partial charge in [0.05, 0.1) is 33.0 Å². The van der Waals surface area contributed by atoms with E-state index in [2.05, 4.69) is 0 Å². The van der Waals surface area contributed by atoms with Gasteiger partial charge in [-0.15, -0.1) is 0 Å². The van der Waals surface area contributed by atoms with Crippen LogP contribution in [-0.4, -0.2) is 38.1 Å². The molecule has 1 aromatic rings. The predicted molar refractivity (Wildman–Crippen MR) is 77.5 cm³/mol. The number of aliphatic hydroxyl groups is 1. The standard InChI is InChI=1S/C16H24O4/c1-18-15-8-7-12(11-16(15)19-2)9-10-20-14-6-4-3-5-13(14)17/h7-8,11,13-14,17H,3-6,9-10H2,1-2H3/t13-,14+/m1/s1. The molecule has 2 atom stereocenters. The smallest absolute Gasteiger partial charge is 0.160 e. The van der Waals surface area contributed by atoms with Crippen molar-refractivity contribution < 1.29 is 19.3 Å². The average Bonchev–Trinajstić information content (AvgIpc) is 2.49. The number of hydrogen-bond donors (Lipinski definition) is 1. The SMILES string of the molecule is COc1ccc(CCO[C@H]2CCCC[C@H]2O)cc1OC. The molecule has 0 radical (unpaired) electrons. The van der Waals surface area contributed by atoms with Gasteiger partial charge in [-0.1, -0.05) is 18.9 Å². The Balaban J connectivity index is 1.84. The summed E-state index contributed by atoms with van der Waals surface area (Å²) in [7, 11) is 3.27. The van der Waals surface area contributed by atoms with Crippen molar-refractivity contribution in [1.82, 2.24) is 0 Å². The third kappa shape index (κ3) is 3.87. The molecular formula is C16H24O4. The first-order chi connectivity index (χ1) is 9.74. The summed E-state index contributed by atoms with van der Waals surface area (Å²) < 4.78 is 16.3. The van der Waals surface area contributed by atoms with Gasteiger partial charge in [0.15, 0.2) is 11.5 Å². The van der Waals surface area contributed by atoms with Crippen molar-refractivity contribution in [2.45, 2.75) is 44.3 Å². The number of hydrogen-bond acceptors (Lipinski definition) is 4. The van der Waals surface area contributed by atoms with Crippen molar-refractivity contribution in [3.8, 4) is 11.5 Å². The van der Waals surface area contributed by atoms with Gasteiger partial charge in [-0.2, -0.15) is 0 Å². The molecular weight excluding hydrogens is 256 g/mol. The maximum atomic E-state index is 9.86.